The standard InChI is InChI=1S/C12H15NO3/c1-2-16-12(15)10(8-11(13)14)9-6-4-3-5-7-9/h3-7,10H,2,8H2,1H3,(H2,13,14). The summed E-state index contributed by atoms with van der Waals surface area (Å²) >= 11 is 0. The molecule has 0 aliphatic heterocycles. The number of rotatable bonds is 5. The van der Waals surface area contributed by atoms with Crippen molar-refractivity contribution in [3.63, 3.8) is 0 Å². The lowest BCUT2D eigenvalue weighted by Crippen LogP contribution is -2.23. The van der Waals surface area contributed by atoms with Gasteiger partial charge in [0, 0.05) is 6.42 Å². The predicted molar refractivity (Wildman–Crippen MR) is 59.6 cm³/mol. The predicted octanol–water partition coefficient (Wildman–Crippen LogP) is 1.21. The third-order valence-corrected chi connectivity index (χ3v) is 2.18. The Balaban J connectivity index is 2.87. The van der Waals surface area contributed by atoms with Crippen molar-refractivity contribution in [2.75, 3.05) is 6.61 Å². The molecule has 0 bridgehead atoms. The van der Waals surface area contributed by atoms with Gasteiger partial charge in [0.15, 0.2) is 0 Å². The summed E-state index contributed by atoms with van der Waals surface area (Å²) in [5, 5.41) is 0. The van der Waals surface area contributed by atoms with Crippen molar-refractivity contribution < 1.29 is 14.3 Å². The molecular weight excluding hydrogens is 206 g/mol. The van der Waals surface area contributed by atoms with Crippen molar-refractivity contribution in [3.8, 4) is 0 Å². The van der Waals surface area contributed by atoms with Crippen LogP contribution in [-0.4, -0.2) is 18.5 Å². The molecule has 0 fully saturated rings. The van der Waals surface area contributed by atoms with Gasteiger partial charge in [-0.15, -0.1) is 0 Å². The Labute approximate surface area is 94.4 Å². The number of esters is 1. The first kappa shape index (κ1) is 12.2. The molecule has 0 spiro atoms. The van der Waals surface area contributed by atoms with Crippen molar-refractivity contribution in [1.82, 2.24) is 0 Å². The number of nitrogens with two attached hydrogens (primary N) is 1. The minimum absolute atomic E-state index is 0.0250. The summed E-state index contributed by atoms with van der Waals surface area (Å²) in [5.41, 5.74) is 5.87. The molecule has 1 aromatic rings. The van der Waals surface area contributed by atoms with Gasteiger partial charge >= 0.3 is 5.97 Å². The van der Waals surface area contributed by atoms with E-state index < -0.39 is 17.8 Å². The zero-order valence-electron chi connectivity index (χ0n) is 9.18. The average molecular weight is 221 g/mol. The van der Waals surface area contributed by atoms with E-state index in [4.69, 9.17) is 10.5 Å². The van der Waals surface area contributed by atoms with Gasteiger partial charge in [-0.3, -0.25) is 9.59 Å². The molecule has 2 N–H and O–H groups in total. The summed E-state index contributed by atoms with van der Waals surface area (Å²) in [6.45, 7) is 2.02. The van der Waals surface area contributed by atoms with Crippen LogP contribution in [0.3, 0.4) is 0 Å². The van der Waals surface area contributed by atoms with Gasteiger partial charge in [-0.25, -0.2) is 0 Å². The molecule has 0 aromatic heterocycles. The molecule has 0 radical (unpaired) electrons. The van der Waals surface area contributed by atoms with E-state index in [1.807, 2.05) is 18.2 Å². The maximum absolute atomic E-state index is 11.6. The zero-order valence-corrected chi connectivity index (χ0v) is 9.18. The second-order valence-corrected chi connectivity index (χ2v) is 3.39. The smallest absolute Gasteiger partial charge is 0.313 e. The maximum Gasteiger partial charge on any atom is 0.313 e. The fraction of sp³-hybridized carbons (Fsp3) is 0.333. The third-order valence-electron chi connectivity index (χ3n) is 2.18. The summed E-state index contributed by atoms with van der Waals surface area (Å²) in [5.74, 6) is -1.52. The van der Waals surface area contributed by atoms with Gasteiger partial charge in [-0.05, 0) is 12.5 Å². The highest BCUT2D eigenvalue weighted by Gasteiger charge is 2.23. The lowest BCUT2D eigenvalue weighted by atomic mass is 9.95. The minimum atomic E-state index is -0.598. The number of ether oxygens (including phenoxy) is 1. The van der Waals surface area contributed by atoms with Crippen molar-refractivity contribution in [2.45, 2.75) is 19.3 Å². The van der Waals surface area contributed by atoms with Crippen LogP contribution in [0.1, 0.15) is 24.8 Å². The van der Waals surface area contributed by atoms with Crippen molar-refractivity contribution in [1.29, 1.82) is 0 Å². The molecule has 4 heteroatoms. The van der Waals surface area contributed by atoms with E-state index in [0.29, 0.717) is 6.61 Å². The van der Waals surface area contributed by atoms with E-state index in [1.165, 1.54) is 0 Å². The molecule has 0 aliphatic rings. The second-order valence-electron chi connectivity index (χ2n) is 3.39. The van der Waals surface area contributed by atoms with E-state index in [0.717, 1.165) is 5.56 Å². The molecule has 1 aromatic carbocycles. The summed E-state index contributed by atoms with van der Waals surface area (Å²) in [7, 11) is 0. The van der Waals surface area contributed by atoms with Crippen LogP contribution in [-0.2, 0) is 14.3 Å². The fourth-order valence-electron chi connectivity index (χ4n) is 1.47. The molecule has 16 heavy (non-hydrogen) atoms. The van der Waals surface area contributed by atoms with Gasteiger partial charge in [-0.1, -0.05) is 30.3 Å². The van der Waals surface area contributed by atoms with E-state index in [-0.39, 0.29) is 6.42 Å². The van der Waals surface area contributed by atoms with Crippen molar-refractivity contribution in [3.05, 3.63) is 35.9 Å². The molecule has 0 saturated heterocycles. The minimum Gasteiger partial charge on any atom is -0.466 e. The third kappa shape index (κ3) is 3.38. The van der Waals surface area contributed by atoms with E-state index in [1.54, 1.807) is 19.1 Å². The largest absolute Gasteiger partial charge is 0.466 e. The Morgan fingerprint density at radius 1 is 1.31 bits per heavy atom. The first-order valence-corrected chi connectivity index (χ1v) is 5.15. The second kappa shape index (κ2) is 5.90. The number of benzene rings is 1. The Morgan fingerprint density at radius 3 is 2.44 bits per heavy atom. The quantitative estimate of drug-likeness (QED) is 0.760. The number of primary amides is 1. The highest BCUT2D eigenvalue weighted by molar-refractivity contribution is 5.85. The van der Waals surface area contributed by atoms with Crippen LogP contribution in [0.25, 0.3) is 0 Å². The molecule has 1 unspecified atom stereocenters. The van der Waals surface area contributed by atoms with E-state index >= 15 is 0 Å². The van der Waals surface area contributed by atoms with Crippen LogP contribution >= 0.6 is 0 Å². The van der Waals surface area contributed by atoms with E-state index in [9.17, 15) is 9.59 Å². The molecule has 0 heterocycles. The Morgan fingerprint density at radius 2 is 1.94 bits per heavy atom. The molecule has 0 aliphatic carbocycles. The van der Waals surface area contributed by atoms with Crippen LogP contribution in [0.5, 0.6) is 0 Å². The molecule has 86 valence electrons. The lowest BCUT2D eigenvalue weighted by Gasteiger charge is -2.13. The molecule has 1 rings (SSSR count). The van der Waals surface area contributed by atoms with Crippen LogP contribution < -0.4 is 5.73 Å². The van der Waals surface area contributed by atoms with Crippen LogP contribution in [0.4, 0.5) is 0 Å². The van der Waals surface area contributed by atoms with Gasteiger partial charge in [0.1, 0.15) is 0 Å². The highest BCUT2D eigenvalue weighted by Crippen LogP contribution is 2.20. The van der Waals surface area contributed by atoms with Crippen molar-refractivity contribution >= 4 is 11.9 Å². The topological polar surface area (TPSA) is 69.4 Å². The van der Waals surface area contributed by atoms with Crippen LogP contribution in [0.15, 0.2) is 30.3 Å². The fourth-order valence-corrected chi connectivity index (χ4v) is 1.47. The van der Waals surface area contributed by atoms with Crippen molar-refractivity contribution in [2.24, 2.45) is 5.73 Å². The molecule has 4 nitrogen and oxygen atoms in total. The molecular formula is C12H15NO3. The number of hydrogen-bond donors (Lipinski definition) is 1. The zero-order chi connectivity index (χ0) is 12.0. The Kier molecular flexibility index (Phi) is 4.51. The van der Waals surface area contributed by atoms with Crippen LogP contribution in [0, 0.1) is 0 Å². The summed E-state index contributed by atoms with van der Waals surface area (Å²) in [4.78, 5) is 22.6. The van der Waals surface area contributed by atoms with Gasteiger partial charge in [-0.2, -0.15) is 0 Å². The lowest BCUT2D eigenvalue weighted by molar-refractivity contribution is -0.146. The Hall–Kier alpha value is -1.84. The maximum atomic E-state index is 11.6. The molecule has 1 amide bonds. The van der Waals surface area contributed by atoms with Gasteiger partial charge in [0.05, 0.1) is 12.5 Å². The Bertz CT molecular complexity index is 362. The van der Waals surface area contributed by atoms with Gasteiger partial charge < -0.3 is 10.5 Å². The number of amides is 1. The summed E-state index contributed by atoms with van der Waals surface area (Å²) in [6.07, 6.45) is -0.0250. The first-order valence-electron chi connectivity index (χ1n) is 5.15. The summed E-state index contributed by atoms with van der Waals surface area (Å²) in [6, 6.07) is 9.02. The average Bonchev–Trinajstić information content (AvgIpc) is 2.27. The van der Waals surface area contributed by atoms with Gasteiger partial charge in [0.25, 0.3) is 0 Å². The highest BCUT2D eigenvalue weighted by atomic mass is 16.5. The normalized spacial score (nSPS) is 11.8. The monoisotopic (exact) mass is 221 g/mol. The SMILES string of the molecule is CCOC(=O)C(CC(N)=O)c1ccccc1. The molecule has 0 saturated carbocycles. The summed E-state index contributed by atoms with van der Waals surface area (Å²) < 4.78 is 4.91. The van der Waals surface area contributed by atoms with Crippen LogP contribution in [0.2, 0.25) is 0 Å². The first-order chi connectivity index (χ1) is 7.65. The number of carbonyl (C=O) groups excluding carboxylic acids is 2. The number of carbonyl (C=O) groups is 2. The molecule has 1 atom stereocenters. The number of hydrogen-bond acceptors (Lipinski definition) is 3. The van der Waals surface area contributed by atoms with Gasteiger partial charge in [0.2, 0.25) is 5.91 Å². The van der Waals surface area contributed by atoms with E-state index in [2.05, 4.69) is 0 Å².